The van der Waals surface area contributed by atoms with Crippen molar-refractivity contribution in [1.29, 1.82) is 0 Å². The van der Waals surface area contributed by atoms with Gasteiger partial charge in [0.05, 0.1) is 10.9 Å². The molecule has 1 atom stereocenters. The minimum Gasteiger partial charge on any atom is -0.342 e. The first-order valence-corrected chi connectivity index (χ1v) is 7.60. The van der Waals surface area contributed by atoms with Gasteiger partial charge >= 0.3 is 0 Å². The van der Waals surface area contributed by atoms with Crippen molar-refractivity contribution in [2.24, 2.45) is 5.92 Å². The van der Waals surface area contributed by atoms with Crippen molar-refractivity contribution in [3.05, 3.63) is 34.6 Å². The van der Waals surface area contributed by atoms with Crippen LogP contribution in [0.4, 0.5) is 5.95 Å². The van der Waals surface area contributed by atoms with E-state index >= 15 is 0 Å². The highest BCUT2D eigenvalue weighted by atomic mass is 16.1. The minimum absolute atomic E-state index is 0.0512. The molecule has 1 aliphatic rings. The number of hydrogen-bond acceptors (Lipinski definition) is 4. The molecule has 3 rings (SSSR count). The lowest BCUT2D eigenvalue weighted by Gasteiger charge is -2.20. The lowest BCUT2D eigenvalue weighted by molar-refractivity contribution is 0.300. The second-order valence-electron chi connectivity index (χ2n) is 5.86. The Kier molecular flexibility index (Phi) is 3.92. The molecule has 0 radical (unpaired) electrons. The van der Waals surface area contributed by atoms with Crippen molar-refractivity contribution in [1.82, 2.24) is 14.9 Å². The number of anilines is 1. The number of fused-ring (bicyclic) bond motifs is 1. The van der Waals surface area contributed by atoms with E-state index in [2.05, 4.69) is 33.7 Å². The van der Waals surface area contributed by atoms with Crippen LogP contribution in [-0.2, 0) is 0 Å². The van der Waals surface area contributed by atoms with E-state index in [0.717, 1.165) is 38.1 Å². The molecule has 5 nitrogen and oxygen atoms in total. The zero-order valence-electron chi connectivity index (χ0n) is 12.7. The Morgan fingerprint density at radius 1 is 1.43 bits per heavy atom. The summed E-state index contributed by atoms with van der Waals surface area (Å²) >= 11 is 0. The summed E-state index contributed by atoms with van der Waals surface area (Å²) in [6.07, 6.45) is 1.15. The maximum atomic E-state index is 12.1. The van der Waals surface area contributed by atoms with Crippen LogP contribution < -0.4 is 10.5 Å². The van der Waals surface area contributed by atoms with E-state index < -0.39 is 0 Å². The minimum atomic E-state index is -0.0512. The molecule has 1 aliphatic heterocycles. The number of rotatable bonds is 4. The van der Waals surface area contributed by atoms with Crippen LogP contribution in [-0.4, -0.2) is 48.1 Å². The fourth-order valence-electron chi connectivity index (χ4n) is 2.97. The molecule has 0 unspecified atom stereocenters. The first-order valence-electron chi connectivity index (χ1n) is 7.60. The van der Waals surface area contributed by atoms with Gasteiger partial charge in [-0.2, -0.15) is 0 Å². The van der Waals surface area contributed by atoms with E-state index in [4.69, 9.17) is 0 Å². The molecule has 0 saturated carbocycles. The third-order valence-corrected chi connectivity index (χ3v) is 4.30. The van der Waals surface area contributed by atoms with Crippen LogP contribution in [0.5, 0.6) is 0 Å². The van der Waals surface area contributed by atoms with Crippen LogP contribution in [0.15, 0.2) is 29.1 Å². The van der Waals surface area contributed by atoms with Gasteiger partial charge in [-0.1, -0.05) is 19.1 Å². The van der Waals surface area contributed by atoms with Crippen molar-refractivity contribution >= 4 is 16.9 Å². The molecule has 1 aromatic carbocycles. The van der Waals surface area contributed by atoms with Crippen molar-refractivity contribution in [2.45, 2.75) is 13.3 Å². The molecule has 21 heavy (non-hydrogen) atoms. The van der Waals surface area contributed by atoms with Crippen LogP contribution in [0.2, 0.25) is 0 Å². The fraction of sp³-hybridized carbons (Fsp3) is 0.500. The van der Waals surface area contributed by atoms with Gasteiger partial charge in [-0.05, 0) is 38.1 Å². The molecule has 2 heterocycles. The average molecular weight is 286 g/mol. The van der Waals surface area contributed by atoms with Crippen molar-refractivity contribution < 1.29 is 0 Å². The predicted molar refractivity (Wildman–Crippen MR) is 85.9 cm³/mol. The van der Waals surface area contributed by atoms with Gasteiger partial charge in [-0.15, -0.1) is 0 Å². The number of hydrogen-bond donors (Lipinski definition) is 1. The first kappa shape index (κ1) is 14.1. The van der Waals surface area contributed by atoms with Gasteiger partial charge in [0.2, 0.25) is 5.95 Å². The summed E-state index contributed by atoms with van der Waals surface area (Å²) in [5.74, 6) is 1.35. The maximum Gasteiger partial charge on any atom is 0.260 e. The Morgan fingerprint density at radius 2 is 2.24 bits per heavy atom. The van der Waals surface area contributed by atoms with Gasteiger partial charge in [0, 0.05) is 19.6 Å². The average Bonchev–Trinajstić information content (AvgIpc) is 2.95. The number of H-pyrrole nitrogens is 1. The second kappa shape index (κ2) is 5.85. The quantitative estimate of drug-likeness (QED) is 0.929. The number of benzene rings is 1. The fourth-order valence-corrected chi connectivity index (χ4v) is 2.97. The molecule has 0 spiro atoms. The smallest absolute Gasteiger partial charge is 0.260 e. The molecule has 1 saturated heterocycles. The SMILES string of the molecule is CCN(C)C[C@H]1CCN(c2nc3ccccc3c(=O)[nH]2)C1. The first-order chi connectivity index (χ1) is 10.2. The van der Waals surface area contributed by atoms with Gasteiger partial charge in [0.1, 0.15) is 0 Å². The van der Waals surface area contributed by atoms with Crippen LogP contribution in [0.25, 0.3) is 10.9 Å². The lowest BCUT2D eigenvalue weighted by atomic mass is 10.1. The molecule has 0 bridgehead atoms. The summed E-state index contributed by atoms with van der Waals surface area (Å²) in [4.78, 5) is 24.2. The summed E-state index contributed by atoms with van der Waals surface area (Å²) in [5, 5.41) is 0.655. The van der Waals surface area contributed by atoms with Crippen molar-refractivity contribution in [3.63, 3.8) is 0 Å². The van der Waals surface area contributed by atoms with Crippen LogP contribution in [0.1, 0.15) is 13.3 Å². The topological polar surface area (TPSA) is 52.2 Å². The third kappa shape index (κ3) is 2.93. The highest BCUT2D eigenvalue weighted by molar-refractivity contribution is 5.78. The standard InChI is InChI=1S/C16H22N4O/c1-3-19(2)10-12-8-9-20(11-12)16-17-14-7-5-4-6-13(14)15(21)18-16/h4-7,12H,3,8-11H2,1-2H3,(H,17,18,21)/t12-/m1/s1. The Labute approximate surface area is 124 Å². The van der Waals surface area contributed by atoms with E-state index in [1.165, 1.54) is 0 Å². The molecule has 2 aromatic rings. The van der Waals surface area contributed by atoms with E-state index in [-0.39, 0.29) is 5.56 Å². The monoisotopic (exact) mass is 286 g/mol. The molecule has 5 heteroatoms. The number of aromatic amines is 1. The van der Waals surface area contributed by atoms with Crippen LogP contribution in [0, 0.1) is 5.92 Å². The molecule has 0 aliphatic carbocycles. The van der Waals surface area contributed by atoms with Crippen LogP contribution in [0.3, 0.4) is 0 Å². The molecule has 0 amide bonds. The summed E-state index contributed by atoms with van der Waals surface area (Å²) in [5.41, 5.74) is 0.718. The van der Waals surface area contributed by atoms with Crippen LogP contribution >= 0.6 is 0 Å². The number of nitrogens with zero attached hydrogens (tertiary/aromatic N) is 3. The molecular weight excluding hydrogens is 264 g/mol. The van der Waals surface area contributed by atoms with Gasteiger partial charge in [0.15, 0.2) is 0 Å². The van der Waals surface area contributed by atoms with Gasteiger partial charge in [-0.25, -0.2) is 4.98 Å². The second-order valence-corrected chi connectivity index (χ2v) is 5.86. The van der Waals surface area contributed by atoms with Crippen molar-refractivity contribution in [3.8, 4) is 0 Å². The Balaban J connectivity index is 1.80. The Morgan fingerprint density at radius 3 is 3.05 bits per heavy atom. The Hall–Kier alpha value is -1.88. The third-order valence-electron chi connectivity index (χ3n) is 4.30. The predicted octanol–water partition coefficient (Wildman–Crippen LogP) is 1.70. The maximum absolute atomic E-state index is 12.1. The van der Waals surface area contributed by atoms with Gasteiger partial charge in [0.25, 0.3) is 5.56 Å². The van der Waals surface area contributed by atoms with E-state index in [9.17, 15) is 4.79 Å². The Bertz CT molecular complexity index is 681. The highest BCUT2D eigenvalue weighted by Crippen LogP contribution is 2.21. The summed E-state index contributed by atoms with van der Waals surface area (Å²) in [7, 11) is 2.15. The summed E-state index contributed by atoms with van der Waals surface area (Å²) in [6, 6.07) is 7.49. The molecule has 1 fully saturated rings. The van der Waals surface area contributed by atoms with Crippen molar-refractivity contribution in [2.75, 3.05) is 38.1 Å². The summed E-state index contributed by atoms with van der Waals surface area (Å²) in [6.45, 7) is 6.27. The van der Waals surface area contributed by atoms with E-state index in [1.54, 1.807) is 0 Å². The van der Waals surface area contributed by atoms with E-state index in [1.807, 2.05) is 24.3 Å². The molecule has 1 aromatic heterocycles. The normalized spacial score (nSPS) is 18.8. The number of para-hydroxylation sites is 1. The molecular formula is C16H22N4O. The molecule has 112 valence electrons. The largest absolute Gasteiger partial charge is 0.342 e. The number of aromatic nitrogens is 2. The summed E-state index contributed by atoms with van der Waals surface area (Å²) < 4.78 is 0. The van der Waals surface area contributed by atoms with Gasteiger partial charge in [-0.3, -0.25) is 9.78 Å². The lowest BCUT2D eigenvalue weighted by Crippen LogP contribution is -2.29. The zero-order valence-corrected chi connectivity index (χ0v) is 12.7. The van der Waals surface area contributed by atoms with E-state index in [0.29, 0.717) is 17.3 Å². The van der Waals surface area contributed by atoms with Gasteiger partial charge < -0.3 is 9.80 Å². The highest BCUT2D eigenvalue weighted by Gasteiger charge is 2.25. The zero-order chi connectivity index (χ0) is 14.8. The number of nitrogens with one attached hydrogen (secondary N) is 1. The molecule has 1 N–H and O–H groups in total.